The van der Waals surface area contributed by atoms with Crippen LogP contribution < -0.4 is 21.9 Å². The Hall–Kier alpha value is -3.13. The van der Waals surface area contributed by atoms with E-state index >= 15 is 0 Å². The molecule has 1 aliphatic rings. The molecule has 0 bridgehead atoms. The van der Waals surface area contributed by atoms with Crippen LogP contribution in [0, 0.1) is 0 Å². The molecule has 0 aliphatic carbocycles. The van der Waals surface area contributed by atoms with E-state index < -0.39 is 67.9 Å². The van der Waals surface area contributed by atoms with Crippen LogP contribution in [0.1, 0.15) is 18.7 Å². The first kappa shape index (κ1) is 26.5. The van der Waals surface area contributed by atoms with Crippen molar-refractivity contribution in [2.75, 3.05) is 11.9 Å². The number of rotatable bonds is 8. The summed E-state index contributed by atoms with van der Waals surface area (Å²) in [6, 6.07) is 6.82. The summed E-state index contributed by atoms with van der Waals surface area (Å²) in [5.41, 5.74) is -0.655. The summed E-state index contributed by atoms with van der Waals surface area (Å²) in [5, 5.41) is 25.3. The second-order valence-electron chi connectivity index (χ2n) is 7.80. The van der Waals surface area contributed by atoms with Gasteiger partial charge >= 0.3 is 13.3 Å². The van der Waals surface area contributed by atoms with Gasteiger partial charge in [-0.15, -0.1) is 0 Å². The summed E-state index contributed by atoms with van der Waals surface area (Å²) in [4.78, 5) is 66.8. The van der Waals surface area contributed by atoms with Gasteiger partial charge < -0.3 is 35.4 Å². The van der Waals surface area contributed by atoms with Gasteiger partial charge in [-0.25, -0.2) is 4.79 Å². The van der Waals surface area contributed by atoms with Gasteiger partial charge in [-0.2, -0.15) is 0 Å². The van der Waals surface area contributed by atoms with Gasteiger partial charge in [0.1, 0.15) is 12.2 Å². The van der Waals surface area contributed by atoms with Crippen LogP contribution in [0.4, 0.5) is 5.69 Å². The van der Waals surface area contributed by atoms with E-state index in [1.807, 2.05) is 0 Å². The van der Waals surface area contributed by atoms with Crippen LogP contribution in [0.15, 0.2) is 46.1 Å². The molecule has 190 valence electrons. The molecular formula is C20H25N4O10P. The zero-order chi connectivity index (χ0) is 25.9. The monoisotopic (exact) mass is 512 g/mol. The smallest absolute Gasteiger partial charge is 0.333 e. The van der Waals surface area contributed by atoms with Crippen LogP contribution in [0.5, 0.6) is 0 Å². The van der Waals surface area contributed by atoms with E-state index in [2.05, 4.69) is 10.6 Å². The molecule has 0 spiro atoms. The quantitative estimate of drug-likeness (QED) is 0.216. The van der Waals surface area contributed by atoms with Gasteiger partial charge in [0.2, 0.25) is 5.91 Å². The Morgan fingerprint density at radius 1 is 1.09 bits per heavy atom. The largest absolute Gasteiger partial charge is 0.387 e. The lowest BCUT2D eigenvalue weighted by Gasteiger charge is -2.18. The Kier molecular flexibility index (Phi) is 8.05. The van der Waals surface area contributed by atoms with E-state index in [1.54, 1.807) is 6.92 Å². The molecule has 0 radical (unpaired) electrons. The Labute approximate surface area is 197 Å². The van der Waals surface area contributed by atoms with Gasteiger partial charge in [0, 0.05) is 24.5 Å². The van der Waals surface area contributed by atoms with Gasteiger partial charge in [-0.05, 0) is 24.6 Å². The van der Waals surface area contributed by atoms with Crippen LogP contribution in [0.25, 0.3) is 0 Å². The number of nitrogens with zero attached hydrogens (tertiary/aromatic N) is 2. The molecule has 4 atom stereocenters. The molecule has 1 aromatic carbocycles. The Morgan fingerprint density at radius 2 is 1.74 bits per heavy atom. The number of aromatic nitrogens is 2. The molecule has 2 aromatic rings. The van der Waals surface area contributed by atoms with E-state index in [0.717, 1.165) is 21.4 Å². The molecular weight excluding hydrogens is 487 g/mol. The topological polar surface area (TPSA) is 209 Å². The molecule has 15 heteroatoms. The van der Waals surface area contributed by atoms with Gasteiger partial charge in [-0.1, -0.05) is 12.1 Å². The van der Waals surface area contributed by atoms with Crippen molar-refractivity contribution in [1.29, 1.82) is 0 Å². The number of carbonyl (C=O) groups is 2. The number of hydrogen-bond donors (Lipinski definition) is 6. The summed E-state index contributed by atoms with van der Waals surface area (Å²) in [6.07, 6.45) is -5.75. The van der Waals surface area contributed by atoms with Crippen LogP contribution in [0.3, 0.4) is 0 Å². The number of aliphatic hydroxyl groups is 2. The predicted octanol–water partition coefficient (Wildman–Crippen LogP) is -1.92. The summed E-state index contributed by atoms with van der Waals surface area (Å²) in [6.45, 7) is 1.12. The van der Waals surface area contributed by atoms with Crippen molar-refractivity contribution < 1.29 is 38.9 Å². The van der Waals surface area contributed by atoms with Crippen molar-refractivity contribution in [3.05, 3.63) is 62.9 Å². The molecule has 3 rings (SSSR count). The Bertz CT molecular complexity index is 1250. The standard InChI is InChI=1S/C20H25N4O10P/c1-2-23-14(26)7-8-24(20(23)30)19-16(28)15(27)17(34-19)18(29)21-9-13(25)22-12-5-3-11(4-6-12)10-35(31,32)33/h3-8,15-17,19,27-28H,2,9-10H2,1H3,(H,21,29)(H,22,25)(H2,31,32,33)/t15-,16-,17-,19+/m0/s1. The molecule has 2 amide bonds. The fourth-order valence-corrected chi connectivity index (χ4v) is 4.21. The second-order valence-corrected chi connectivity index (χ2v) is 9.45. The maximum atomic E-state index is 12.5. The number of ether oxygens (including phenoxy) is 1. The molecule has 0 saturated carbocycles. The third kappa shape index (κ3) is 6.31. The lowest BCUT2D eigenvalue weighted by molar-refractivity contribution is -0.138. The SMILES string of the molecule is CCn1c(=O)ccn([C@@H]2O[C@H](C(=O)NCC(=O)Nc3ccc(CP(=O)(O)O)cc3)[C@@H](O)[C@@H]2O)c1=O. The third-order valence-electron chi connectivity index (χ3n) is 5.23. The van der Waals surface area contributed by atoms with Crippen molar-refractivity contribution >= 4 is 25.1 Å². The first-order valence-electron chi connectivity index (χ1n) is 10.5. The fourth-order valence-electron chi connectivity index (χ4n) is 3.53. The minimum absolute atomic E-state index is 0.0648. The molecule has 2 heterocycles. The van der Waals surface area contributed by atoms with E-state index in [9.17, 15) is 34.0 Å². The Morgan fingerprint density at radius 3 is 2.34 bits per heavy atom. The van der Waals surface area contributed by atoms with E-state index in [0.29, 0.717) is 11.3 Å². The first-order valence-corrected chi connectivity index (χ1v) is 12.3. The molecule has 14 nitrogen and oxygen atoms in total. The minimum atomic E-state index is -4.22. The van der Waals surface area contributed by atoms with E-state index in [4.69, 9.17) is 14.5 Å². The van der Waals surface area contributed by atoms with E-state index in [-0.39, 0.29) is 6.54 Å². The molecule has 1 fully saturated rings. The molecule has 6 N–H and O–H groups in total. The van der Waals surface area contributed by atoms with Gasteiger partial charge in [0.05, 0.1) is 12.7 Å². The molecule has 35 heavy (non-hydrogen) atoms. The lowest BCUT2D eigenvalue weighted by Crippen LogP contribution is -2.45. The van der Waals surface area contributed by atoms with E-state index in [1.165, 1.54) is 24.3 Å². The lowest BCUT2D eigenvalue weighted by atomic mass is 10.1. The van der Waals surface area contributed by atoms with Crippen molar-refractivity contribution in [3.63, 3.8) is 0 Å². The number of anilines is 1. The van der Waals surface area contributed by atoms with Crippen molar-refractivity contribution in [2.45, 2.75) is 44.2 Å². The molecule has 1 saturated heterocycles. The average molecular weight is 512 g/mol. The number of nitrogens with one attached hydrogen (secondary N) is 2. The number of aliphatic hydroxyl groups excluding tert-OH is 2. The maximum Gasteiger partial charge on any atom is 0.333 e. The van der Waals surface area contributed by atoms with Crippen LogP contribution in [0.2, 0.25) is 0 Å². The summed E-state index contributed by atoms with van der Waals surface area (Å²) in [7, 11) is -4.22. The second kappa shape index (κ2) is 10.6. The molecule has 1 aromatic heterocycles. The van der Waals surface area contributed by atoms with Crippen molar-refractivity contribution in [2.24, 2.45) is 0 Å². The van der Waals surface area contributed by atoms with Crippen LogP contribution in [-0.2, 0) is 31.6 Å². The number of benzene rings is 1. The zero-order valence-corrected chi connectivity index (χ0v) is 19.4. The highest BCUT2D eigenvalue weighted by molar-refractivity contribution is 7.50. The number of carbonyl (C=O) groups excluding carboxylic acids is 2. The highest BCUT2D eigenvalue weighted by Gasteiger charge is 2.47. The zero-order valence-electron chi connectivity index (χ0n) is 18.5. The summed E-state index contributed by atoms with van der Waals surface area (Å²) < 4.78 is 18.2. The maximum absolute atomic E-state index is 12.5. The normalized spacial score (nSPS) is 22.1. The number of amides is 2. The molecule has 0 unspecified atom stereocenters. The highest BCUT2D eigenvalue weighted by atomic mass is 31.2. The Balaban J connectivity index is 1.59. The predicted molar refractivity (Wildman–Crippen MR) is 120 cm³/mol. The molecule has 1 aliphatic heterocycles. The van der Waals surface area contributed by atoms with Crippen molar-refractivity contribution in [3.8, 4) is 0 Å². The number of hydrogen-bond acceptors (Lipinski definition) is 8. The van der Waals surface area contributed by atoms with Gasteiger partial charge in [0.15, 0.2) is 12.3 Å². The minimum Gasteiger partial charge on any atom is -0.387 e. The van der Waals surface area contributed by atoms with Gasteiger partial charge in [-0.3, -0.25) is 28.1 Å². The average Bonchev–Trinajstić information content (AvgIpc) is 3.07. The van der Waals surface area contributed by atoms with Crippen molar-refractivity contribution in [1.82, 2.24) is 14.5 Å². The summed E-state index contributed by atoms with van der Waals surface area (Å²) in [5.74, 6) is -1.56. The van der Waals surface area contributed by atoms with Crippen LogP contribution >= 0.6 is 7.60 Å². The fraction of sp³-hybridized carbons (Fsp3) is 0.400. The van der Waals surface area contributed by atoms with Crippen LogP contribution in [-0.4, -0.2) is 65.8 Å². The highest BCUT2D eigenvalue weighted by Crippen LogP contribution is 2.39. The van der Waals surface area contributed by atoms with Gasteiger partial charge in [0.25, 0.3) is 11.5 Å². The third-order valence-corrected chi connectivity index (χ3v) is 6.01. The first-order chi connectivity index (χ1) is 16.4. The summed E-state index contributed by atoms with van der Waals surface area (Å²) >= 11 is 0.